The molecule has 1 aliphatic heterocycles. The molecule has 27 heteroatoms. The van der Waals surface area contributed by atoms with Crippen LogP contribution in [0.2, 0.25) is 0 Å². The second-order valence-electron chi connectivity index (χ2n) is 26.0. The summed E-state index contributed by atoms with van der Waals surface area (Å²) in [5.41, 5.74) is 2.62. The summed E-state index contributed by atoms with van der Waals surface area (Å²) in [6, 6.07) is 20.4. The third-order valence-electron chi connectivity index (χ3n) is 19.1. The Morgan fingerprint density at radius 2 is 1.48 bits per heavy atom. The van der Waals surface area contributed by atoms with Gasteiger partial charge in [0.2, 0.25) is 6.10 Å². The fraction of sp³-hybridized carbons (Fsp3) is 0.551. The number of nitrogens with two attached hydrogens (primary N) is 2. The van der Waals surface area contributed by atoms with E-state index < -0.39 is 142 Å². The average Bonchev–Trinajstić information content (AvgIpc) is 0.670. The van der Waals surface area contributed by atoms with E-state index in [-0.39, 0.29) is 102 Å². The molecule has 4 aliphatic rings. The highest BCUT2D eigenvalue weighted by Gasteiger charge is 2.78. The SMILES string of the molecule is CCC(N[C@H](CCCNC(=N)N)C(=O)C(C)(N)CC)C(=O)[C@@H](CSSCCOC(=O)O[C@@H](C(=O)O[C@H]1C[C@@]2(O)[C@@H](OC(=O)c3ccccc3)[C@@H]3[C@]4(OC(C)=O)CO[C@@H]4C[C@H](O)[C@@]3(C)C(=O)[C@H](OC(C)=O)C(=C1C)C2(C)C)[C@@H](NC(=O)c1ccccc1)c1ccccc1)CC(C)=O. The van der Waals surface area contributed by atoms with Crippen LogP contribution >= 0.6 is 21.6 Å². The van der Waals surface area contributed by atoms with Crippen LogP contribution in [0, 0.1) is 28.1 Å². The molecule has 1 saturated heterocycles. The van der Waals surface area contributed by atoms with Crippen LogP contribution < -0.4 is 27.4 Å². The predicted octanol–water partition coefficient (Wildman–Crippen LogP) is 6.14. The number of guanidine groups is 1. The first-order valence-corrected chi connectivity index (χ1v) is 34.6. The van der Waals surface area contributed by atoms with Gasteiger partial charge in [-0.25, -0.2) is 14.4 Å². The van der Waals surface area contributed by atoms with E-state index in [1.165, 1.54) is 80.5 Å². The molecule has 25 nitrogen and oxygen atoms in total. The number of fused-ring (bicyclic) bond motifs is 5. The minimum Gasteiger partial charge on any atom is -0.455 e. The van der Waals surface area contributed by atoms with E-state index in [0.29, 0.717) is 19.4 Å². The molecule has 3 aromatic carbocycles. The van der Waals surface area contributed by atoms with Crippen molar-refractivity contribution in [3.8, 4) is 0 Å². The van der Waals surface area contributed by atoms with Gasteiger partial charge in [-0.1, -0.05) is 116 Å². The standard InChI is InChI=1S/C69H90N6O19S2/c1-11-46(74-47(29-22-30-73-63(70)71)57(81)66(9,72)12-2)53(80)45(33-38(3)76)36-96-95-32-31-88-64(86)92-55(52(42-23-16-13-17-24-42)75-60(83)43-25-18-14-19-26-43)62(85)91-48-35-69(87)59(93-61(84)44-27-20-15-21-28-44)56-67(10,49(79)34-50-68(56,37-89-50)94-41(6)78)58(82)54(90-40(5)77)51(39(48)4)65(69,7)8/h13-21,23-28,45-50,52,54-56,59,74,79,87H,11-12,22,29-37,72H2,1-10H3,(H,75,83)(H4,70,71,73)/t45-,46?,47-,48+,49+,50-,52+,54-,55-,56+,59+,66?,67-,68+,69-/m1/s1. The molecular weight excluding hydrogens is 1280 g/mol. The Balaban J connectivity index is 1.21. The summed E-state index contributed by atoms with van der Waals surface area (Å²) in [5.74, 6) is -9.08. The van der Waals surface area contributed by atoms with Crippen molar-refractivity contribution in [3.63, 3.8) is 0 Å². The van der Waals surface area contributed by atoms with Gasteiger partial charge in [-0.2, -0.15) is 0 Å². The first kappa shape index (κ1) is 75.8. The summed E-state index contributed by atoms with van der Waals surface area (Å²) in [4.78, 5) is 142. The van der Waals surface area contributed by atoms with Gasteiger partial charge in [0.25, 0.3) is 5.91 Å². The zero-order valence-electron chi connectivity index (χ0n) is 55.8. The molecule has 1 amide bonds. The van der Waals surface area contributed by atoms with Crippen LogP contribution in [0.4, 0.5) is 4.79 Å². The second kappa shape index (κ2) is 32.2. The largest absolute Gasteiger partial charge is 0.509 e. The summed E-state index contributed by atoms with van der Waals surface area (Å²) >= 11 is 0. The van der Waals surface area contributed by atoms with Crippen LogP contribution in [0.15, 0.2) is 102 Å². The number of benzene rings is 3. The quantitative estimate of drug-likeness (QED) is 0.00682. The number of aliphatic hydroxyl groups excluding tert-OH is 1. The molecule has 1 heterocycles. The number of amides is 1. The van der Waals surface area contributed by atoms with Gasteiger partial charge in [0.15, 0.2) is 35.0 Å². The monoisotopic (exact) mass is 1370 g/mol. The summed E-state index contributed by atoms with van der Waals surface area (Å²) < 4.78 is 42.6. The number of hydrogen-bond acceptors (Lipinski definition) is 24. The number of nitrogens with one attached hydrogen (secondary N) is 4. The molecule has 3 aliphatic carbocycles. The van der Waals surface area contributed by atoms with Gasteiger partial charge in [-0.15, -0.1) is 0 Å². The third-order valence-corrected chi connectivity index (χ3v) is 21.6. The molecule has 3 aromatic rings. The molecule has 7 rings (SSSR count). The van der Waals surface area contributed by atoms with Crippen LogP contribution in [0.25, 0.3) is 0 Å². The Morgan fingerprint density at radius 1 is 0.854 bits per heavy atom. The lowest BCUT2D eigenvalue weighted by Crippen LogP contribution is -2.82. The van der Waals surface area contributed by atoms with Gasteiger partial charge in [-0.05, 0) is 94.4 Å². The van der Waals surface area contributed by atoms with E-state index in [1.807, 2.05) is 0 Å². The number of esters is 4. The topological polar surface area (TPSA) is 388 Å². The number of carbonyl (C=O) groups excluding carboxylic acids is 10. The fourth-order valence-electron chi connectivity index (χ4n) is 13.7. The lowest BCUT2D eigenvalue weighted by atomic mass is 9.44. The minimum atomic E-state index is -2.55. The summed E-state index contributed by atoms with van der Waals surface area (Å²) in [7, 11) is 2.43. The van der Waals surface area contributed by atoms with Crippen molar-refractivity contribution < 1.29 is 91.3 Å². The van der Waals surface area contributed by atoms with Crippen LogP contribution in [0.5, 0.6) is 0 Å². The van der Waals surface area contributed by atoms with E-state index in [4.69, 9.17) is 50.0 Å². The van der Waals surface area contributed by atoms with Crippen molar-refractivity contribution in [2.45, 2.75) is 186 Å². The van der Waals surface area contributed by atoms with Crippen molar-refractivity contribution in [1.29, 1.82) is 5.41 Å². The summed E-state index contributed by atoms with van der Waals surface area (Å²) in [6.45, 7) is 14.2. The number of hydrogen-bond donors (Lipinski definition) is 8. The molecule has 15 atom stereocenters. The number of rotatable bonds is 31. The van der Waals surface area contributed by atoms with E-state index in [2.05, 4.69) is 16.0 Å². The van der Waals surface area contributed by atoms with Crippen LogP contribution in [-0.2, 0) is 66.7 Å². The molecule has 0 spiro atoms. The highest BCUT2D eigenvalue weighted by atomic mass is 33.1. The van der Waals surface area contributed by atoms with Crippen molar-refractivity contribution in [2.24, 2.45) is 34.1 Å². The maximum absolute atomic E-state index is 15.9. The Labute approximate surface area is 566 Å². The van der Waals surface area contributed by atoms with Crippen molar-refractivity contribution >= 4 is 86.6 Å². The smallest absolute Gasteiger partial charge is 0.455 e. The van der Waals surface area contributed by atoms with Crippen molar-refractivity contribution in [1.82, 2.24) is 16.0 Å². The van der Waals surface area contributed by atoms with Gasteiger partial charge >= 0.3 is 30.0 Å². The Morgan fingerprint density at radius 3 is 2.04 bits per heavy atom. The van der Waals surface area contributed by atoms with E-state index in [1.54, 1.807) is 87.5 Å². The third kappa shape index (κ3) is 16.7. The van der Waals surface area contributed by atoms with Crippen LogP contribution in [0.3, 0.4) is 0 Å². The summed E-state index contributed by atoms with van der Waals surface area (Å²) in [6.07, 6.45) is -11.6. The highest BCUT2D eigenvalue weighted by molar-refractivity contribution is 8.76. The van der Waals surface area contributed by atoms with Crippen molar-refractivity contribution in [3.05, 3.63) is 119 Å². The van der Waals surface area contributed by atoms with Crippen LogP contribution in [-0.4, -0.2) is 172 Å². The minimum absolute atomic E-state index is 0.00588. The van der Waals surface area contributed by atoms with Gasteiger partial charge in [0, 0.05) is 68.1 Å². The number of aliphatic hydroxyl groups is 2. The van der Waals surface area contributed by atoms with Gasteiger partial charge < -0.3 is 70.3 Å². The number of Topliss-reactive ketones (excluding diaryl/α,β-unsaturated/α-hetero) is 4. The molecule has 3 fully saturated rings. The predicted molar refractivity (Wildman–Crippen MR) is 355 cm³/mol. The van der Waals surface area contributed by atoms with Gasteiger partial charge in [-0.3, -0.25) is 39.5 Å². The summed E-state index contributed by atoms with van der Waals surface area (Å²) in [5, 5.41) is 42.7. The molecule has 2 saturated carbocycles. The molecule has 2 unspecified atom stereocenters. The molecule has 96 heavy (non-hydrogen) atoms. The van der Waals surface area contributed by atoms with Crippen LogP contribution in [0.1, 0.15) is 147 Å². The molecular formula is C69H90N6O19S2. The maximum Gasteiger partial charge on any atom is 0.509 e. The molecule has 2 bridgehead atoms. The number of ether oxygens (including phenoxy) is 7. The zero-order valence-corrected chi connectivity index (χ0v) is 57.4. The Kier molecular flexibility index (Phi) is 25.5. The lowest BCUT2D eigenvalue weighted by Gasteiger charge is -2.67. The van der Waals surface area contributed by atoms with E-state index in [0.717, 1.165) is 13.8 Å². The van der Waals surface area contributed by atoms with E-state index >= 15 is 9.59 Å². The normalized spacial score (nSPS) is 26.2. The Hall–Kier alpha value is -7.53. The first-order valence-electron chi connectivity index (χ1n) is 32.1. The fourth-order valence-corrected chi connectivity index (χ4v) is 15.8. The Bertz CT molecular complexity index is 3400. The number of carbonyl (C=O) groups is 10. The zero-order chi connectivity index (χ0) is 70.7. The maximum atomic E-state index is 15.9. The molecule has 522 valence electrons. The molecule has 0 radical (unpaired) electrons. The molecule has 0 aromatic heterocycles. The highest BCUT2D eigenvalue weighted by Crippen LogP contribution is 2.64. The first-order chi connectivity index (χ1) is 45.3. The lowest BCUT2D eigenvalue weighted by molar-refractivity contribution is -0.346. The van der Waals surface area contributed by atoms with Gasteiger partial charge in [0.05, 0.1) is 47.2 Å². The number of ketones is 4. The van der Waals surface area contributed by atoms with E-state index in [9.17, 15) is 48.6 Å². The average molecular weight is 1370 g/mol. The van der Waals surface area contributed by atoms with Gasteiger partial charge in [0.1, 0.15) is 42.3 Å². The second-order valence-corrected chi connectivity index (χ2v) is 28.6. The van der Waals surface area contributed by atoms with Crippen molar-refractivity contribution in [2.75, 3.05) is 31.3 Å². The molecule has 10 N–H and O–H groups in total.